The van der Waals surface area contributed by atoms with Gasteiger partial charge in [-0.1, -0.05) is 13.2 Å². The van der Waals surface area contributed by atoms with Crippen molar-refractivity contribution in [3.8, 4) is 0 Å². The smallest absolute Gasteiger partial charge is 0.327 e. The highest BCUT2D eigenvalue weighted by Gasteiger charge is 1.94. The maximum atomic E-state index is 9.25. The van der Waals surface area contributed by atoms with Crippen molar-refractivity contribution >= 4 is 11.9 Å². The van der Waals surface area contributed by atoms with E-state index in [0.717, 1.165) is 12.2 Å². The highest BCUT2D eigenvalue weighted by atomic mass is 16.4. The van der Waals surface area contributed by atoms with Crippen molar-refractivity contribution in [2.24, 2.45) is 0 Å². The molecule has 0 aliphatic heterocycles. The Balaban J connectivity index is -0.0000000789. The van der Waals surface area contributed by atoms with Gasteiger partial charge in [0.15, 0.2) is 0 Å². The van der Waals surface area contributed by atoms with Crippen LogP contribution in [0.5, 0.6) is 0 Å². The average Bonchev–Trinajstić information content (AvgIpc) is 2.73. The summed E-state index contributed by atoms with van der Waals surface area (Å²) in [6.07, 6.45) is -1.19. The minimum absolute atomic E-state index is 0.365. The molecule has 0 aromatic carbocycles. The summed E-state index contributed by atoms with van der Waals surface area (Å²) in [6.45, 7) is 3.73. The largest absolute Gasteiger partial charge is 0.478 e. The molecule has 0 saturated carbocycles. The SMILES string of the molecule is C=CC(=O)O.C=CC(=O)O.OCC(O)CO.OCC(O)CO.OCC(O)CO. The number of rotatable bonds is 8. The summed E-state index contributed by atoms with van der Waals surface area (Å²) in [6, 6.07) is 0. The lowest BCUT2D eigenvalue weighted by molar-refractivity contribution is -0.132. The Kier molecular flexibility index (Phi) is 43.1. The van der Waals surface area contributed by atoms with Gasteiger partial charge in [-0.3, -0.25) is 0 Å². The molecule has 0 rings (SSSR count). The Bertz CT molecular complexity index is 295. The van der Waals surface area contributed by atoms with Gasteiger partial charge in [-0.25, -0.2) is 9.59 Å². The zero-order chi connectivity index (χ0) is 23.5. The number of hydrogen-bond donors (Lipinski definition) is 11. The molecule has 0 bridgehead atoms. The maximum Gasteiger partial charge on any atom is 0.327 e. The first kappa shape index (κ1) is 36.9. The van der Waals surface area contributed by atoms with E-state index in [1.165, 1.54) is 0 Å². The molecule has 11 N–H and O–H groups in total. The van der Waals surface area contributed by atoms with E-state index in [1.54, 1.807) is 0 Å². The molecule has 0 spiro atoms. The zero-order valence-corrected chi connectivity index (χ0v) is 15.3. The van der Waals surface area contributed by atoms with Crippen LogP contribution in [0.4, 0.5) is 0 Å². The van der Waals surface area contributed by atoms with E-state index in [2.05, 4.69) is 13.2 Å². The number of aliphatic hydroxyl groups is 9. The first-order valence-corrected chi connectivity index (χ1v) is 7.37. The number of aliphatic carboxylic acids is 2. The summed E-state index contributed by atoms with van der Waals surface area (Å²) in [5.41, 5.74) is 0. The monoisotopic (exact) mass is 420 g/mol. The molecule has 0 aliphatic carbocycles. The van der Waals surface area contributed by atoms with Gasteiger partial charge >= 0.3 is 11.9 Å². The van der Waals surface area contributed by atoms with Gasteiger partial charge in [0.2, 0.25) is 0 Å². The maximum absolute atomic E-state index is 9.25. The zero-order valence-electron chi connectivity index (χ0n) is 15.3. The van der Waals surface area contributed by atoms with Gasteiger partial charge in [0, 0.05) is 12.2 Å². The highest BCUT2D eigenvalue weighted by molar-refractivity contribution is 5.79. The molecular formula is C15H32O13. The Labute approximate surface area is 162 Å². The lowest BCUT2D eigenvalue weighted by atomic mass is 10.4. The van der Waals surface area contributed by atoms with E-state index < -0.39 is 30.3 Å². The molecule has 13 nitrogen and oxygen atoms in total. The second-order valence-electron chi connectivity index (χ2n) is 4.14. The van der Waals surface area contributed by atoms with Crippen LogP contribution in [0.1, 0.15) is 0 Å². The molecule has 0 aromatic rings. The molecule has 170 valence electrons. The van der Waals surface area contributed by atoms with Gasteiger partial charge in [-0.2, -0.15) is 0 Å². The first-order valence-electron chi connectivity index (χ1n) is 7.37. The van der Waals surface area contributed by atoms with Crippen LogP contribution in [-0.4, -0.2) is 126 Å². The van der Waals surface area contributed by atoms with E-state index in [4.69, 9.17) is 56.2 Å². The first-order chi connectivity index (χ1) is 13.0. The fourth-order valence-corrected chi connectivity index (χ4v) is 0.173. The minimum atomic E-state index is -0.981. The van der Waals surface area contributed by atoms with Crippen molar-refractivity contribution in [3.05, 3.63) is 25.3 Å². The minimum Gasteiger partial charge on any atom is -0.478 e. The van der Waals surface area contributed by atoms with Crippen LogP contribution in [0.25, 0.3) is 0 Å². The van der Waals surface area contributed by atoms with Crippen LogP contribution in [0.2, 0.25) is 0 Å². The molecule has 0 aliphatic rings. The molecule has 0 atom stereocenters. The Morgan fingerprint density at radius 3 is 0.679 bits per heavy atom. The molecule has 0 heterocycles. The summed E-state index contributed by atoms with van der Waals surface area (Å²) in [5.74, 6) is -1.96. The number of carbonyl (C=O) groups is 2. The molecule has 0 radical (unpaired) electrons. The number of hydrogen-bond acceptors (Lipinski definition) is 11. The molecule has 0 unspecified atom stereocenters. The summed E-state index contributed by atoms with van der Waals surface area (Å²) < 4.78 is 0. The van der Waals surface area contributed by atoms with E-state index in [0.29, 0.717) is 0 Å². The lowest BCUT2D eigenvalue weighted by Crippen LogP contribution is -2.15. The summed E-state index contributed by atoms with van der Waals surface area (Å²) in [7, 11) is 0. The molecule has 0 amide bonds. The van der Waals surface area contributed by atoms with Crippen LogP contribution >= 0.6 is 0 Å². The summed E-state index contributed by atoms with van der Waals surface area (Å²) >= 11 is 0. The quantitative estimate of drug-likeness (QED) is 0.166. The third-order valence-electron chi connectivity index (χ3n) is 1.61. The van der Waals surface area contributed by atoms with Gasteiger partial charge in [0.1, 0.15) is 18.3 Å². The van der Waals surface area contributed by atoms with Crippen LogP contribution in [0, 0.1) is 0 Å². The third-order valence-corrected chi connectivity index (χ3v) is 1.61. The highest BCUT2D eigenvalue weighted by Crippen LogP contribution is 1.72. The standard InChI is InChI=1S/3C3H8O3.2C3H4O2/c3*4-1-3(6)2-5;2*1-2-3(4)5/h3*3-6H,1-2H2;2*2H,1H2,(H,4,5). The van der Waals surface area contributed by atoms with Crippen LogP contribution in [-0.2, 0) is 9.59 Å². The van der Waals surface area contributed by atoms with Gasteiger partial charge < -0.3 is 56.2 Å². The van der Waals surface area contributed by atoms with Crippen molar-refractivity contribution in [3.63, 3.8) is 0 Å². The Morgan fingerprint density at radius 1 is 0.571 bits per heavy atom. The third kappa shape index (κ3) is 64.7. The number of aliphatic hydroxyl groups excluding tert-OH is 9. The fourth-order valence-electron chi connectivity index (χ4n) is 0.173. The predicted octanol–water partition coefficient (Wildman–Crippen LogP) is -4.49. The second-order valence-corrected chi connectivity index (χ2v) is 4.14. The van der Waals surface area contributed by atoms with Crippen molar-refractivity contribution in [1.29, 1.82) is 0 Å². The van der Waals surface area contributed by atoms with Crippen LogP contribution in [0.3, 0.4) is 0 Å². The molecule has 0 saturated heterocycles. The van der Waals surface area contributed by atoms with E-state index >= 15 is 0 Å². The second kappa shape index (κ2) is 32.7. The topological polar surface area (TPSA) is 257 Å². The normalized spacial score (nSPS) is 8.71. The predicted molar refractivity (Wildman–Crippen MR) is 96.2 cm³/mol. The van der Waals surface area contributed by atoms with Gasteiger partial charge in [-0.05, 0) is 0 Å². The van der Waals surface area contributed by atoms with Crippen molar-refractivity contribution in [1.82, 2.24) is 0 Å². The molecule has 28 heavy (non-hydrogen) atoms. The van der Waals surface area contributed by atoms with E-state index in [9.17, 15) is 9.59 Å². The van der Waals surface area contributed by atoms with Crippen LogP contribution < -0.4 is 0 Å². The summed E-state index contributed by atoms with van der Waals surface area (Å²) in [4.78, 5) is 18.5. The van der Waals surface area contributed by atoms with Gasteiger partial charge in [0.25, 0.3) is 0 Å². The van der Waals surface area contributed by atoms with Crippen LogP contribution in [0.15, 0.2) is 25.3 Å². The fraction of sp³-hybridized carbons (Fsp3) is 0.600. The molecular weight excluding hydrogens is 388 g/mol. The van der Waals surface area contributed by atoms with Gasteiger partial charge in [0.05, 0.1) is 39.6 Å². The number of carboxylic acid groups (broad SMARTS) is 2. The van der Waals surface area contributed by atoms with E-state index in [1.807, 2.05) is 0 Å². The lowest BCUT2D eigenvalue weighted by Gasteiger charge is -1.96. The van der Waals surface area contributed by atoms with E-state index in [-0.39, 0.29) is 39.6 Å². The molecule has 0 fully saturated rings. The van der Waals surface area contributed by atoms with Gasteiger partial charge in [-0.15, -0.1) is 0 Å². The number of carboxylic acids is 2. The van der Waals surface area contributed by atoms with Crippen molar-refractivity contribution in [2.75, 3.05) is 39.6 Å². The average molecular weight is 420 g/mol. The van der Waals surface area contributed by atoms with Crippen molar-refractivity contribution in [2.45, 2.75) is 18.3 Å². The van der Waals surface area contributed by atoms with Crippen molar-refractivity contribution < 1.29 is 65.8 Å². The summed E-state index contributed by atoms with van der Waals surface area (Å²) in [5, 5.41) is 87.3. The molecule has 13 heteroatoms. The Morgan fingerprint density at radius 2 is 0.679 bits per heavy atom. The Hall–Kier alpha value is -1.94. The molecule has 0 aromatic heterocycles.